The maximum Gasteiger partial charge on any atom is 0.244 e. The molecule has 2 rings (SSSR count). The molecule has 7 heteroatoms. The van der Waals surface area contributed by atoms with Crippen LogP contribution >= 0.6 is 0 Å². The fourth-order valence-electron chi connectivity index (χ4n) is 2.42. The van der Waals surface area contributed by atoms with Crippen LogP contribution in [-0.2, 0) is 21.4 Å². The van der Waals surface area contributed by atoms with Crippen LogP contribution in [0.15, 0.2) is 23.1 Å². The molecule has 2 N–H and O–H groups in total. The van der Waals surface area contributed by atoms with Crippen molar-refractivity contribution in [3.8, 4) is 5.75 Å². The predicted molar refractivity (Wildman–Crippen MR) is 77.7 cm³/mol. The third-order valence-electron chi connectivity index (χ3n) is 3.51. The van der Waals surface area contributed by atoms with Crippen molar-refractivity contribution in [2.45, 2.75) is 43.4 Å². The summed E-state index contributed by atoms with van der Waals surface area (Å²) >= 11 is 0. The number of hydrogen-bond acceptors (Lipinski definition) is 5. The molecule has 0 amide bonds. The molecular weight excluding hydrogens is 294 g/mol. The zero-order chi connectivity index (χ0) is 15.5. The van der Waals surface area contributed by atoms with Gasteiger partial charge in [0, 0.05) is 12.6 Å². The zero-order valence-electron chi connectivity index (χ0n) is 12.2. The van der Waals surface area contributed by atoms with Crippen LogP contribution in [0.2, 0.25) is 0 Å². The van der Waals surface area contributed by atoms with Crippen LogP contribution < -0.4 is 9.46 Å². The fourth-order valence-corrected chi connectivity index (χ4v) is 3.85. The summed E-state index contributed by atoms with van der Waals surface area (Å²) in [6.07, 6.45) is 1.35. The van der Waals surface area contributed by atoms with Crippen molar-refractivity contribution in [2.24, 2.45) is 0 Å². The molecule has 21 heavy (non-hydrogen) atoms. The van der Waals surface area contributed by atoms with E-state index in [1.54, 1.807) is 6.07 Å². The van der Waals surface area contributed by atoms with Crippen molar-refractivity contribution in [1.82, 2.24) is 4.72 Å². The van der Waals surface area contributed by atoms with Crippen LogP contribution in [0.5, 0.6) is 5.75 Å². The van der Waals surface area contributed by atoms with Crippen molar-refractivity contribution in [3.05, 3.63) is 23.8 Å². The first-order valence-electron chi connectivity index (χ1n) is 6.88. The van der Waals surface area contributed by atoms with E-state index in [0.29, 0.717) is 25.0 Å². The summed E-state index contributed by atoms with van der Waals surface area (Å²) in [5.74, 6) is 0.231. The Kier molecular flexibility index (Phi) is 5.21. The SMILES string of the molecule is COc1cc(CO)ccc1S(=O)(=O)NC1CCOC(C)C1. The van der Waals surface area contributed by atoms with Gasteiger partial charge in [0.25, 0.3) is 0 Å². The highest BCUT2D eigenvalue weighted by molar-refractivity contribution is 7.89. The molecule has 0 bridgehead atoms. The number of rotatable bonds is 5. The fraction of sp³-hybridized carbons (Fsp3) is 0.571. The van der Waals surface area contributed by atoms with Gasteiger partial charge in [0.05, 0.1) is 19.8 Å². The van der Waals surface area contributed by atoms with E-state index in [1.807, 2.05) is 6.92 Å². The number of aliphatic hydroxyl groups excluding tert-OH is 1. The molecule has 1 aliphatic heterocycles. The number of hydrogen-bond donors (Lipinski definition) is 2. The van der Waals surface area contributed by atoms with Gasteiger partial charge in [-0.3, -0.25) is 0 Å². The molecule has 6 nitrogen and oxygen atoms in total. The van der Waals surface area contributed by atoms with Gasteiger partial charge < -0.3 is 14.6 Å². The van der Waals surface area contributed by atoms with E-state index in [9.17, 15) is 8.42 Å². The summed E-state index contributed by atoms with van der Waals surface area (Å²) < 4.78 is 38.2. The molecular formula is C14H21NO5S. The minimum atomic E-state index is -3.66. The van der Waals surface area contributed by atoms with E-state index in [1.165, 1.54) is 19.2 Å². The monoisotopic (exact) mass is 315 g/mol. The van der Waals surface area contributed by atoms with E-state index in [2.05, 4.69) is 4.72 Å². The second kappa shape index (κ2) is 6.74. The second-order valence-corrected chi connectivity index (χ2v) is 6.85. The van der Waals surface area contributed by atoms with Crippen LogP contribution in [0.25, 0.3) is 0 Å². The largest absolute Gasteiger partial charge is 0.495 e. The summed E-state index contributed by atoms with van der Waals surface area (Å²) in [4.78, 5) is 0.0846. The number of benzene rings is 1. The molecule has 1 heterocycles. The van der Waals surface area contributed by atoms with Gasteiger partial charge in [-0.1, -0.05) is 6.07 Å². The summed E-state index contributed by atoms with van der Waals surface area (Å²) in [6, 6.07) is 4.42. The van der Waals surface area contributed by atoms with Crippen LogP contribution in [0.1, 0.15) is 25.3 Å². The first-order chi connectivity index (χ1) is 9.96. The van der Waals surface area contributed by atoms with Crippen molar-refractivity contribution in [3.63, 3.8) is 0 Å². The summed E-state index contributed by atoms with van der Waals surface area (Å²) in [7, 11) is -2.25. The standard InChI is InChI=1S/C14H21NO5S/c1-10-7-12(5-6-20-10)15-21(17,18)14-4-3-11(9-16)8-13(14)19-2/h3-4,8,10,12,15-16H,5-7,9H2,1-2H3. The molecule has 0 saturated carbocycles. The molecule has 0 spiro atoms. The molecule has 1 aliphatic rings. The maximum absolute atomic E-state index is 12.5. The number of sulfonamides is 1. The maximum atomic E-state index is 12.5. The Balaban J connectivity index is 2.22. The minimum absolute atomic E-state index is 0.0464. The average Bonchev–Trinajstić information content (AvgIpc) is 2.46. The first-order valence-corrected chi connectivity index (χ1v) is 8.36. The molecule has 2 atom stereocenters. The second-order valence-electron chi connectivity index (χ2n) is 5.17. The van der Waals surface area contributed by atoms with Crippen LogP contribution in [0, 0.1) is 0 Å². The smallest absolute Gasteiger partial charge is 0.244 e. The topological polar surface area (TPSA) is 84.9 Å². The zero-order valence-corrected chi connectivity index (χ0v) is 13.0. The molecule has 1 saturated heterocycles. The number of ether oxygens (including phenoxy) is 2. The highest BCUT2D eigenvalue weighted by Gasteiger charge is 2.27. The lowest BCUT2D eigenvalue weighted by molar-refractivity contribution is 0.0173. The highest BCUT2D eigenvalue weighted by atomic mass is 32.2. The number of methoxy groups -OCH3 is 1. The van der Waals surface area contributed by atoms with Gasteiger partial charge >= 0.3 is 0 Å². The van der Waals surface area contributed by atoms with Gasteiger partial charge in [0.2, 0.25) is 10.0 Å². The molecule has 2 unspecified atom stereocenters. The van der Waals surface area contributed by atoms with E-state index in [0.717, 1.165) is 0 Å². The van der Waals surface area contributed by atoms with Crippen molar-refractivity contribution < 1.29 is 23.0 Å². The highest BCUT2D eigenvalue weighted by Crippen LogP contribution is 2.26. The Bertz CT molecular complexity index is 587. The summed E-state index contributed by atoms with van der Waals surface area (Å²) in [5, 5.41) is 9.11. The first kappa shape index (κ1) is 16.2. The van der Waals surface area contributed by atoms with Crippen LogP contribution in [0.4, 0.5) is 0 Å². The molecule has 1 aromatic carbocycles. The summed E-state index contributed by atoms with van der Waals surface area (Å²) in [6.45, 7) is 2.31. The van der Waals surface area contributed by atoms with Crippen LogP contribution in [-0.4, -0.2) is 39.4 Å². The van der Waals surface area contributed by atoms with Crippen molar-refractivity contribution in [2.75, 3.05) is 13.7 Å². The van der Waals surface area contributed by atoms with Gasteiger partial charge in [-0.25, -0.2) is 13.1 Å². The molecule has 1 fully saturated rings. The minimum Gasteiger partial charge on any atom is -0.495 e. The van der Waals surface area contributed by atoms with E-state index >= 15 is 0 Å². The summed E-state index contributed by atoms with van der Waals surface area (Å²) in [5.41, 5.74) is 0.602. The lowest BCUT2D eigenvalue weighted by Crippen LogP contribution is -2.41. The van der Waals surface area contributed by atoms with Gasteiger partial charge in [-0.2, -0.15) is 0 Å². The normalized spacial score (nSPS) is 23.0. The van der Waals surface area contributed by atoms with E-state index < -0.39 is 10.0 Å². The van der Waals surface area contributed by atoms with Gasteiger partial charge in [-0.15, -0.1) is 0 Å². The lowest BCUT2D eigenvalue weighted by Gasteiger charge is -2.27. The van der Waals surface area contributed by atoms with Crippen molar-refractivity contribution >= 4 is 10.0 Å². The molecule has 118 valence electrons. The molecule has 0 aromatic heterocycles. The molecule has 0 radical (unpaired) electrons. The Labute approximate surface area is 125 Å². The van der Waals surface area contributed by atoms with Gasteiger partial charge in [-0.05, 0) is 37.5 Å². The van der Waals surface area contributed by atoms with Gasteiger partial charge in [0.15, 0.2) is 0 Å². The van der Waals surface area contributed by atoms with E-state index in [4.69, 9.17) is 14.6 Å². The quantitative estimate of drug-likeness (QED) is 0.848. The average molecular weight is 315 g/mol. The lowest BCUT2D eigenvalue weighted by atomic mass is 10.1. The Morgan fingerprint density at radius 3 is 2.86 bits per heavy atom. The Morgan fingerprint density at radius 1 is 1.48 bits per heavy atom. The molecule has 1 aromatic rings. The number of aliphatic hydroxyl groups is 1. The third-order valence-corrected chi connectivity index (χ3v) is 5.07. The van der Waals surface area contributed by atoms with Crippen molar-refractivity contribution in [1.29, 1.82) is 0 Å². The Morgan fingerprint density at radius 2 is 2.24 bits per heavy atom. The van der Waals surface area contributed by atoms with Crippen LogP contribution in [0.3, 0.4) is 0 Å². The Hall–Kier alpha value is -1.15. The van der Waals surface area contributed by atoms with Gasteiger partial charge in [0.1, 0.15) is 10.6 Å². The predicted octanol–water partition coefficient (Wildman–Crippen LogP) is 1.03. The third kappa shape index (κ3) is 3.94. The van der Waals surface area contributed by atoms with E-state index in [-0.39, 0.29) is 29.4 Å². The molecule has 0 aliphatic carbocycles. The number of nitrogens with one attached hydrogen (secondary N) is 1.